The molecule has 2 atom stereocenters. The van der Waals surface area contributed by atoms with Crippen molar-refractivity contribution >= 4 is 5.82 Å². The molecule has 2 rings (SSSR count). The summed E-state index contributed by atoms with van der Waals surface area (Å²) in [6.07, 6.45) is 3.07. The van der Waals surface area contributed by atoms with E-state index in [9.17, 15) is 0 Å². The fraction of sp³-hybridized carbons (Fsp3) is 0.615. The van der Waals surface area contributed by atoms with Crippen LogP contribution in [0, 0.1) is 12.8 Å². The minimum Gasteiger partial charge on any atom is -0.367 e. The second kappa shape index (κ2) is 4.83. The summed E-state index contributed by atoms with van der Waals surface area (Å²) in [4.78, 5) is 6.76. The zero-order valence-electron chi connectivity index (χ0n) is 10.4. The molecule has 1 aliphatic rings. The van der Waals surface area contributed by atoms with Crippen LogP contribution in [-0.2, 0) is 0 Å². The molecular formula is C13H21N3. The molecule has 0 spiro atoms. The van der Waals surface area contributed by atoms with E-state index < -0.39 is 0 Å². The molecule has 88 valence electrons. The third-order valence-electron chi connectivity index (χ3n) is 3.36. The standard InChI is InChI=1S/C13H21N3/c1-10-4-6-14-13(8-10)15-12-5-7-16(3)9-11(12)2/h4,6,8,11-12H,5,7,9H2,1-3H3,(H,14,15). The van der Waals surface area contributed by atoms with Gasteiger partial charge in [-0.3, -0.25) is 0 Å². The monoisotopic (exact) mass is 219 g/mol. The number of piperidine rings is 1. The molecule has 2 unspecified atom stereocenters. The summed E-state index contributed by atoms with van der Waals surface area (Å²) in [5.74, 6) is 1.70. The van der Waals surface area contributed by atoms with Crippen LogP contribution in [0.2, 0.25) is 0 Å². The molecule has 1 aliphatic heterocycles. The molecular weight excluding hydrogens is 198 g/mol. The van der Waals surface area contributed by atoms with Gasteiger partial charge in [-0.25, -0.2) is 4.98 Å². The molecule has 0 amide bonds. The number of aryl methyl sites for hydroxylation is 1. The van der Waals surface area contributed by atoms with Gasteiger partial charge in [0.05, 0.1) is 0 Å². The highest BCUT2D eigenvalue weighted by Crippen LogP contribution is 2.19. The van der Waals surface area contributed by atoms with E-state index in [0.717, 1.165) is 5.82 Å². The SMILES string of the molecule is Cc1ccnc(NC2CCN(C)CC2C)c1. The van der Waals surface area contributed by atoms with Crippen LogP contribution in [0.1, 0.15) is 18.9 Å². The summed E-state index contributed by atoms with van der Waals surface area (Å²) in [5, 5.41) is 3.55. The van der Waals surface area contributed by atoms with Gasteiger partial charge in [0, 0.05) is 18.8 Å². The van der Waals surface area contributed by atoms with Crippen molar-refractivity contribution in [2.45, 2.75) is 26.3 Å². The third-order valence-corrected chi connectivity index (χ3v) is 3.36. The summed E-state index contributed by atoms with van der Waals surface area (Å²) in [6, 6.07) is 4.71. The van der Waals surface area contributed by atoms with Crippen LogP contribution in [0.4, 0.5) is 5.82 Å². The summed E-state index contributed by atoms with van der Waals surface area (Å²) in [5.41, 5.74) is 1.26. The van der Waals surface area contributed by atoms with Gasteiger partial charge >= 0.3 is 0 Å². The van der Waals surface area contributed by atoms with Crippen LogP contribution >= 0.6 is 0 Å². The van der Waals surface area contributed by atoms with Gasteiger partial charge in [0.1, 0.15) is 5.82 Å². The maximum absolute atomic E-state index is 4.36. The number of nitrogens with one attached hydrogen (secondary N) is 1. The zero-order valence-corrected chi connectivity index (χ0v) is 10.4. The largest absolute Gasteiger partial charge is 0.367 e. The van der Waals surface area contributed by atoms with Gasteiger partial charge in [0.15, 0.2) is 0 Å². The van der Waals surface area contributed by atoms with E-state index >= 15 is 0 Å². The van der Waals surface area contributed by atoms with E-state index in [1.807, 2.05) is 12.3 Å². The quantitative estimate of drug-likeness (QED) is 0.826. The second-order valence-electron chi connectivity index (χ2n) is 5.00. The van der Waals surface area contributed by atoms with Crippen molar-refractivity contribution in [1.82, 2.24) is 9.88 Å². The van der Waals surface area contributed by atoms with Crippen molar-refractivity contribution in [1.29, 1.82) is 0 Å². The average Bonchev–Trinajstić information content (AvgIpc) is 2.22. The Hall–Kier alpha value is -1.09. The lowest BCUT2D eigenvalue weighted by Crippen LogP contribution is -2.43. The summed E-state index contributed by atoms with van der Waals surface area (Å²) in [6.45, 7) is 6.76. The normalized spacial score (nSPS) is 26.7. The number of nitrogens with zero attached hydrogens (tertiary/aromatic N) is 2. The fourth-order valence-electron chi connectivity index (χ4n) is 2.37. The number of pyridine rings is 1. The second-order valence-corrected chi connectivity index (χ2v) is 5.00. The predicted octanol–water partition coefficient (Wildman–Crippen LogP) is 2.14. The molecule has 2 heterocycles. The van der Waals surface area contributed by atoms with Crippen LogP contribution in [0.3, 0.4) is 0 Å². The Morgan fingerprint density at radius 1 is 1.50 bits per heavy atom. The Balaban J connectivity index is 1.99. The molecule has 0 bridgehead atoms. The minimum atomic E-state index is 0.561. The van der Waals surface area contributed by atoms with Gasteiger partial charge in [-0.05, 0) is 50.6 Å². The Bertz CT molecular complexity index is 351. The van der Waals surface area contributed by atoms with Crippen molar-refractivity contribution in [3.8, 4) is 0 Å². The van der Waals surface area contributed by atoms with E-state index in [-0.39, 0.29) is 0 Å². The van der Waals surface area contributed by atoms with E-state index in [0.29, 0.717) is 12.0 Å². The van der Waals surface area contributed by atoms with Gasteiger partial charge in [0.25, 0.3) is 0 Å². The molecule has 0 aromatic carbocycles. The van der Waals surface area contributed by atoms with Crippen molar-refractivity contribution in [2.75, 3.05) is 25.5 Å². The van der Waals surface area contributed by atoms with Gasteiger partial charge in [-0.1, -0.05) is 6.92 Å². The topological polar surface area (TPSA) is 28.2 Å². The fourth-order valence-corrected chi connectivity index (χ4v) is 2.37. The van der Waals surface area contributed by atoms with Gasteiger partial charge in [-0.2, -0.15) is 0 Å². The molecule has 1 fully saturated rings. The van der Waals surface area contributed by atoms with Crippen molar-refractivity contribution in [2.24, 2.45) is 5.92 Å². The minimum absolute atomic E-state index is 0.561. The number of hydrogen-bond acceptors (Lipinski definition) is 3. The molecule has 0 aliphatic carbocycles. The Morgan fingerprint density at radius 2 is 2.31 bits per heavy atom. The third kappa shape index (κ3) is 2.73. The molecule has 1 aromatic rings. The summed E-state index contributed by atoms with van der Waals surface area (Å²) in [7, 11) is 2.19. The molecule has 1 saturated heterocycles. The molecule has 1 N–H and O–H groups in total. The first-order valence-electron chi connectivity index (χ1n) is 6.03. The highest BCUT2D eigenvalue weighted by atomic mass is 15.1. The van der Waals surface area contributed by atoms with Crippen molar-refractivity contribution in [3.05, 3.63) is 23.9 Å². The molecule has 0 saturated carbocycles. The Kier molecular flexibility index (Phi) is 3.44. The van der Waals surface area contributed by atoms with Gasteiger partial charge < -0.3 is 10.2 Å². The van der Waals surface area contributed by atoms with Crippen LogP contribution in [0.5, 0.6) is 0 Å². The molecule has 3 heteroatoms. The smallest absolute Gasteiger partial charge is 0.126 e. The number of aromatic nitrogens is 1. The van der Waals surface area contributed by atoms with E-state index in [1.165, 1.54) is 25.1 Å². The van der Waals surface area contributed by atoms with E-state index in [4.69, 9.17) is 0 Å². The summed E-state index contributed by atoms with van der Waals surface area (Å²) < 4.78 is 0. The molecule has 0 radical (unpaired) electrons. The Morgan fingerprint density at radius 3 is 3.00 bits per heavy atom. The van der Waals surface area contributed by atoms with Gasteiger partial charge in [0.2, 0.25) is 0 Å². The molecule has 3 nitrogen and oxygen atoms in total. The summed E-state index contributed by atoms with van der Waals surface area (Å²) >= 11 is 0. The van der Waals surface area contributed by atoms with E-state index in [2.05, 4.69) is 42.2 Å². The molecule has 16 heavy (non-hydrogen) atoms. The zero-order chi connectivity index (χ0) is 11.5. The first-order chi connectivity index (χ1) is 7.65. The lowest BCUT2D eigenvalue weighted by atomic mass is 9.94. The molecule has 1 aromatic heterocycles. The number of likely N-dealkylation sites (tertiary alicyclic amines) is 1. The van der Waals surface area contributed by atoms with Crippen LogP contribution in [-0.4, -0.2) is 36.1 Å². The van der Waals surface area contributed by atoms with E-state index in [1.54, 1.807) is 0 Å². The van der Waals surface area contributed by atoms with Crippen LogP contribution in [0.25, 0.3) is 0 Å². The first kappa shape index (κ1) is 11.4. The number of anilines is 1. The van der Waals surface area contributed by atoms with Crippen molar-refractivity contribution < 1.29 is 0 Å². The Labute approximate surface area is 97.9 Å². The van der Waals surface area contributed by atoms with Gasteiger partial charge in [-0.15, -0.1) is 0 Å². The maximum atomic E-state index is 4.36. The highest BCUT2D eigenvalue weighted by Gasteiger charge is 2.23. The maximum Gasteiger partial charge on any atom is 0.126 e. The average molecular weight is 219 g/mol. The number of hydrogen-bond donors (Lipinski definition) is 1. The predicted molar refractivity (Wildman–Crippen MR) is 67.7 cm³/mol. The number of rotatable bonds is 2. The van der Waals surface area contributed by atoms with Crippen LogP contribution in [0.15, 0.2) is 18.3 Å². The first-order valence-corrected chi connectivity index (χ1v) is 6.03. The lowest BCUT2D eigenvalue weighted by Gasteiger charge is -2.35. The van der Waals surface area contributed by atoms with Crippen molar-refractivity contribution in [3.63, 3.8) is 0 Å². The van der Waals surface area contributed by atoms with Crippen LogP contribution < -0.4 is 5.32 Å². The lowest BCUT2D eigenvalue weighted by molar-refractivity contribution is 0.206. The highest BCUT2D eigenvalue weighted by molar-refractivity contribution is 5.38.